The van der Waals surface area contributed by atoms with Crippen molar-refractivity contribution in [1.82, 2.24) is 0 Å². The van der Waals surface area contributed by atoms with Gasteiger partial charge in [-0.2, -0.15) is 0 Å². The fourth-order valence-electron chi connectivity index (χ4n) is 3.32. The van der Waals surface area contributed by atoms with Crippen LogP contribution in [0.4, 0.5) is 15.8 Å². The van der Waals surface area contributed by atoms with Gasteiger partial charge in [0.1, 0.15) is 11.4 Å². The molecule has 0 saturated carbocycles. The number of methoxy groups -OCH3 is 1. The highest BCUT2D eigenvalue weighted by molar-refractivity contribution is 6.13. The topological polar surface area (TPSA) is 63.0 Å². The van der Waals surface area contributed by atoms with Crippen LogP contribution >= 0.6 is 0 Å². The number of benzene rings is 2. The summed E-state index contributed by atoms with van der Waals surface area (Å²) >= 11 is 0. The molecule has 1 aliphatic heterocycles. The Morgan fingerprint density at radius 3 is 2.74 bits per heavy atom. The molecule has 0 radical (unpaired) electrons. The number of amides is 2. The zero-order chi connectivity index (χ0) is 19.1. The number of nitrogens with zero attached hydrogens (tertiary/aromatic N) is 2. The van der Waals surface area contributed by atoms with Crippen molar-refractivity contribution in [3.63, 3.8) is 0 Å². The summed E-state index contributed by atoms with van der Waals surface area (Å²) in [7, 11) is 3.04. The summed E-state index contributed by atoms with van der Waals surface area (Å²) in [6.07, 6.45) is 0.112. The molecule has 0 unspecified atom stereocenters. The van der Waals surface area contributed by atoms with Crippen LogP contribution in [0.1, 0.15) is 17.0 Å². The summed E-state index contributed by atoms with van der Waals surface area (Å²) in [5, 5.41) is 0.686. The maximum Gasteiger partial charge on any atom is 0.298 e. The van der Waals surface area contributed by atoms with E-state index in [1.54, 1.807) is 25.2 Å². The SMILES string of the molecule is COc1c(C(=O)N2CCC(=O)N(C)c3cc(F)ccc32)oc2ccccc12. The number of hydrogen-bond acceptors (Lipinski definition) is 4. The summed E-state index contributed by atoms with van der Waals surface area (Å²) in [6, 6.07) is 11.2. The van der Waals surface area contributed by atoms with E-state index in [-0.39, 0.29) is 24.6 Å². The maximum absolute atomic E-state index is 13.8. The third-order valence-electron chi connectivity index (χ3n) is 4.71. The first kappa shape index (κ1) is 17.1. The molecule has 0 N–H and O–H groups in total. The Labute approximate surface area is 154 Å². The highest BCUT2D eigenvalue weighted by atomic mass is 19.1. The van der Waals surface area contributed by atoms with Crippen molar-refractivity contribution < 1.29 is 23.1 Å². The average molecular weight is 368 g/mol. The molecule has 2 heterocycles. The van der Waals surface area contributed by atoms with Crippen molar-refractivity contribution >= 4 is 34.2 Å². The fourth-order valence-corrected chi connectivity index (χ4v) is 3.32. The van der Waals surface area contributed by atoms with Gasteiger partial charge in [0.15, 0.2) is 5.75 Å². The van der Waals surface area contributed by atoms with Gasteiger partial charge in [-0.15, -0.1) is 0 Å². The van der Waals surface area contributed by atoms with Gasteiger partial charge < -0.3 is 19.0 Å². The quantitative estimate of drug-likeness (QED) is 0.693. The van der Waals surface area contributed by atoms with Crippen LogP contribution in [0.2, 0.25) is 0 Å². The van der Waals surface area contributed by atoms with Gasteiger partial charge in [0.2, 0.25) is 11.7 Å². The number of halogens is 1. The van der Waals surface area contributed by atoms with Crippen molar-refractivity contribution in [2.45, 2.75) is 6.42 Å². The molecular weight excluding hydrogens is 351 g/mol. The number of ether oxygens (including phenoxy) is 1. The molecule has 138 valence electrons. The largest absolute Gasteiger partial charge is 0.492 e. The number of fused-ring (bicyclic) bond motifs is 2. The Morgan fingerprint density at radius 1 is 1.19 bits per heavy atom. The molecule has 0 saturated heterocycles. The van der Waals surface area contributed by atoms with Crippen molar-refractivity contribution in [3.05, 3.63) is 54.0 Å². The predicted octanol–water partition coefficient (Wildman–Crippen LogP) is 3.59. The zero-order valence-corrected chi connectivity index (χ0v) is 14.9. The van der Waals surface area contributed by atoms with Gasteiger partial charge in [-0.1, -0.05) is 12.1 Å². The van der Waals surface area contributed by atoms with Gasteiger partial charge in [0.05, 0.1) is 23.9 Å². The van der Waals surface area contributed by atoms with E-state index in [1.807, 2.05) is 6.07 Å². The summed E-state index contributed by atoms with van der Waals surface area (Å²) in [6.45, 7) is 0.154. The molecule has 0 bridgehead atoms. The average Bonchev–Trinajstić information content (AvgIpc) is 3.01. The van der Waals surface area contributed by atoms with Gasteiger partial charge in [-0.3, -0.25) is 9.59 Å². The molecule has 3 aromatic rings. The van der Waals surface area contributed by atoms with Crippen molar-refractivity contribution in [2.24, 2.45) is 0 Å². The molecular formula is C20H17FN2O4. The molecule has 27 heavy (non-hydrogen) atoms. The molecule has 7 heteroatoms. The lowest BCUT2D eigenvalue weighted by molar-refractivity contribution is -0.118. The molecule has 0 aliphatic carbocycles. The Kier molecular flexibility index (Phi) is 4.07. The lowest BCUT2D eigenvalue weighted by Crippen LogP contribution is -2.32. The molecule has 1 aromatic heterocycles. The number of furan rings is 1. The molecule has 0 spiro atoms. The van der Waals surface area contributed by atoms with Gasteiger partial charge >= 0.3 is 0 Å². The number of carbonyl (C=O) groups is 2. The molecule has 2 amide bonds. The van der Waals surface area contributed by atoms with E-state index in [0.29, 0.717) is 28.1 Å². The minimum absolute atomic E-state index is 0.0472. The lowest BCUT2D eigenvalue weighted by Gasteiger charge is -2.23. The smallest absolute Gasteiger partial charge is 0.298 e. The van der Waals surface area contributed by atoms with Crippen LogP contribution in [0, 0.1) is 5.82 Å². The van der Waals surface area contributed by atoms with Gasteiger partial charge in [0, 0.05) is 20.0 Å². The molecule has 1 aliphatic rings. The second-order valence-electron chi connectivity index (χ2n) is 6.25. The first-order valence-electron chi connectivity index (χ1n) is 8.44. The molecule has 4 rings (SSSR count). The van der Waals surface area contributed by atoms with Crippen LogP contribution in [0.5, 0.6) is 5.75 Å². The fraction of sp³-hybridized carbons (Fsp3) is 0.200. The zero-order valence-electron chi connectivity index (χ0n) is 14.9. The van der Waals surface area contributed by atoms with Crippen LogP contribution < -0.4 is 14.5 Å². The summed E-state index contributed by atoms with van der Waals surface area (Å²) < 4.78 is 24.9. The van der Waals surface area contributed by atoms with Gasteiger partial charge in [0.25, 0.3) is 5.91 Å². The molecule has 6 nitrogen and oxygen atoms in total. The van der Waals surface area contributed by atoms with Crippen LogP contribution in [0.3, 0.4) is 0 Å². The van der Waals surface area contributed by atoms with Crippen molar-refractivity contribution in [2.75, 3.05) is 30.5 Å². The highest BCUT2D eigenvalue weighted by Gasteiger charge is 2.32. The predicted molar refractivity (Wildman–Crippen MR) is 98.9 cm³/mol. The third-order valence-corrected chi connectivity index (χ3v) is 4.71. The van der Waals surface area contributed by atoms with Crippen molar-refractivity contribution in [3.8, 4) is 5.75 Å². The standard InChI is InChI=1S/C20H17FN2O4/c1-22-15-11-12(21)7-8-14(15)23(10-9-17(22)24)20(25)19-18(26-2)13-5-3-4-6-16(13)27-19/h3-8,11H,9-10H2,1-2H3. The van der Waals surface area contributed by atoms with E-state index in [9.17, 15) is 14.0 Å². The second-order valence-corrected chi connectivity index (χ2v) is 6.25. The van der Waals surface area contributed by atoms with Crippen LogP contribution in [-0.2, 0) is 4.79 Å². The Hall–Kier alpha value is -3.35. The Morgan fingerprint density at radius 2 is 1.96 bits per heavy atom. The lowest BCUT2D eigenvalue weighted by atomic mass is 10.2. The third kappa shape index (κ3) is 2.71. The summed E-state index contributed by atoms with van der Waals surface area (Å²) in [5.41, 5.74) is 1.30. The Balaban J connectivity index is 1.85. The number of para-hydroxylation sites is 1. The van der Waals surface area contributed by atoms with Gasteiger partial charge in [-0.05, 0) is 30.3 Å². The maximum atomic E-state index is 13.8. The van der Waals surface area contributed by atoms with E-state index in [1.165, 1.54) is 35.1 Å². The number of rotatable bonds is 2. The van der Waals surface area contributed by atoms with E-state index >= 15 is 0 Å². The van der Waals surface area contributed by atoms with E-state index in [0.717, 1.165) is 0 Å². The minimum Gasteiger partial charge on any atom is -0.492 e. The highest BCUT2D eigenvalue weighted by Crippen LogP contribution is 2.37. The van der Waals surface area contributed by atoms with E-state index in [2.05, 4.69) is 0 Å². The number of anilines is 2. The first-order valence-corrected chi connectivity index (χ1v) is 8.44. The van der Waals surface area contributed by atoms with Crippen LogP contribution in [0.15, 0.2) is 46.9 Å². The first-order chi connectivity index (χ1) is 13.0. The van der Waals surface area contributed by atoms with E-state index < -0.39 is 11.7 Å². The number of hydrogen-bond donors (Lipinski definition) is 0. The van der Waals surface area contributed by atoms with Crippen LogP contribution in [0.25, 0.3) is 11.0 Å². The van der Waals surface area contributed by atoms with Gasteiger partial charge in [-0.25, -0.2) is 4.39 Å². The van der Waals surface area contributed by atoms with Crippen LogP contribution in [-0.4, -0.2) is 32.5 Å². The van der Waals surface area contributed by atoms with E-state index in [4.69, 9.17) is 9.15 Å². The summed E-state index contributed by atoms with van der Waals surface area (Å²) in [5.74, 6) is -0.745. The Bertz CT molecular complexity index is 1060. The normalized spacial score (nSPS) is 14.3. The minimum atomic E-state index is -0.482. The summed E-state index contributed by atoms with van der Waals surface area (Å²) in [4.78, 5) is 28.4. The van der Waals surface area contributed by atoms with Crippen molar-refractivity contribution in [1.29, 1.82) is 0 Å². The monoisotopic (exact) mass is 368 g/mol. The molecule has 0 atom stereocenters. The number of carbonyl (C=O) groups excluding carboxylic acids is 2. The second kappa shape index (κ2) is 6.42. The molecule has 2 aromatic carbocycles. The molecule has 0 fully saturated rings.